The topological polar surface area (TPSA) is 56.7 Å². The largest absolute Gasteiger partial charge is 0.386 e. The van der Waals surface area contributed by atoms with Crippen LogP contribution in [0.3, 0.4) is 0 Å². The van der Waals surface area contributed by atoms with Crippen LogP contribution < -0.4 is 10.6 Å². The third-order valence-corrected chi connectivity index (χ3v) is 5.43. The molecule has 0 radical (unpaired) electrons. The molecular formula is C18H28FN3OS. The smallest absolute Gasteiger partial charge is 0.191 e. The standard InChI is InChI=1S/C18H28FN3OS/c1-3-20-18(22-13-7-6-8-14(11-13)24-2)21-12-17(23)15-9-4-5-10-16(15)19/h4-5,9-10,13-14,17,23H,3,6-8,11-12H2,1-2H3,(H2,20,21,22). The number of aliphatic imine (C=N–C) groups is 1. The van der Waals surface area contributed by atoms with Crippen molar-refractivity contribution in [1.29, 1.82) is 0 Å². The van der Waals surface area contributed by atoms with Gasteiger partial charge in [0.15, 0.2) is 5.96 Å². The Labute approximate surface area is 148 Å². The van der Waals surface area contributed by atoms with E-state index in [9.17, 15) is 9.50 Å². The molecule has 1 aliphatic rings. The summed E-state index contributed by atoms with van der Waals surface area (Å²) in [5, 5.41) is 17.6. The van der Waals surface area contributed by atoms with Gasteiger partial charge in [-0.25, -0.2) is 4.39 Å². The number of aliphatic hydroxyl groups is 1. The fraction of sp³-hybridized carbons (Fsp3) is 0.611. The van der Waals surface area contributed by atoms with Gasteiger partial charge in [0.1, 0.15) is 11.9 Å². The number of hydrogen-bond donors (Lipinski definition) is 3. The number of halogens is 1. The maximum absolute atomic E-state index is 13.7. The van der Waals surface area contributed by atoms with E-state index in [4.69, 9.17) is 0 Å². The highest BCUT2D eigenvalue weighted by Gasteiger charge is 2.22. The highest BCUT2D eigenvalue weighted by atomic mass is 32.2. The van der Waals surface area contributed by atoms with E-state index in [1.165, 1.54) is 18.9 Å². The van der Waals surface area contributed by atoms with Crippen LogP contribution in [0.15, 0.2) is 29.3 Å². The van der Waals surface area contributed by atoms with Gasteiger partial charge in [-0.1, -0.05) is 24.6 Å². The summed E-state index contributed by atoms with van der Waals surface area (Å²) in [5.41, 5.74) is 0.289. The van der Waals surface area contributed by atoms with Crippen molar-refractivity contribution >= 4 is 17.7 Å². The molecule has 1 aromatic rings. The van der Waals surface area contributed by atoms with E-state index < -0.39 is 11.9 Å². The second kappa shape index (κ2) is 9.89. The minimum Gasteiger partial charge on any atom is -0.386 e. The first-order chi connectivity index (χ1) is 11.6. The molecule has 3 N–H and O–H groups in total. The summed E-state index contributed by atoms with van der Waals surface area (Å²) in [6.45, 7) is 2.89. The summed E-state index contributed by atoms with van der Waals surface area (Å²) in [7, 11) is 0. The van der Waals surface area contributed by atoms with E-state index >= 15 is 0 Å². The summed E-state index contributed by atoms with van der Waals surface area (Å²) in [6.07, 6.45) is 5.99. The molecular weight excluding hydrogens is 325 g/mol. The zero-order valence-electron chi connectivity index (χ0n) is 14.5. The molecule has 0 heterocycles. The number of guanidine groups is 1. The molecule has 0 aliphatic heterocycles. The molecule has 2 rings (SSSR count). The summed E-state index contributed by atoms with van der Waals surface area (Å²) < 4.78 is 13.7. The third kappa shape index (κ3) is 5.67. The van der Waals surface area contributed by atoms with E-state index in [0.29, 0.717) is 17.3 Å². The zero-order valence-corrected chi connectivity index (χ0v) is 15.3. The molecule has 1 aliphatic carbocycles. The Bertz CT molecular complexity index is 541. The maximum atomic E-state index is 13.7. The normalized spacial score (nSPS) is 22.9. The Morgan fingerprint density at radius 3 is 2.92 bits per heavy atom. The third-order valence-electron chi connectivity index (χ3n) is 4.33. The van der Waals surface area contributed by atoms with E-state index in [1.807, 2.05) is 18.7 Å². The van der Waals surface area contributed by atoms with Crippen LogP contribution in [0.4, 0.5) is 4.39 Å². The maximum Gasteiger partial charge on any atom is 0.191 e. The van der Waals surface area contributed by atoms with Crippen molar-refractivity contribution in [2.75, 3.05) is 19.3 Å². The Hall–Kier alpha value is -1.27. The van der Waals surface area contributed by atoms with Gasteiger partial charge in [0.05, 0.1) is 6.54 Å². The number of rotatable bonds is 6. The van der Waals surface area contributed by atoms with Crippen molar-refractivity contribution in [3.05, 3.63) is 35.6 Å². The van der Waals surface area contributed by atoms with E-state index in [-0.39, 0.29) is 12.1 Å². The lowest BCUT2D eigenvalue weighted by Crippen LogP contribution is -2.45. The van der Waals surface area contributed by atoms with Crippen molar-refractivity contribution in [2.24, 2.45) is 4.99 Å². The first kappa shape index (κ1) is 19.1. The number of benzene rings is 1. The van der Waals surface area contributed by atoms with E-state index in [2.05, 4.69) is 21.9 Å². The lowest BCUT2D eigenvalue weighted by atomic mass is 9.95. The second-order valence-corrected chi connectivity index (χ2v) is 7.26. The van der Waals surface area contributed by atoms with Crippen LogP contribution in [0.1, 0.15) is 44.3 Å². The first-order valence-corrected chi connectivity index (χ1v) is 9.93. The van der Waals surface area contributed by atoms with Gasteiger partial charge >= 0.3 is 0 Å². The van der Waals surface area contributed by atoms with Gasteiger partial charge in [-0.15, -0.1) is 0 Å². The Balaban J connectivity index is 1.96. The molecule has 0 saturated heterocycles. The Morgan fingerprint density at radius 1 is 1.42 bits per heavy atom. The average Bonchev–Trinajstić information content (AvgIpc) is 2.60. The minimum atomic E-state index is -0.938. The van der Waals surface area contributed by atoms with Gasteiger partial charge in [0, 0.05) is 23.4 Å². The number of hydrogen-bond acceptors (Lipinski definition) is 3. The number of nitrogens with zero attached hydrogens (tertiary/aromatic N) is 1. The molecule has 24 heavy (non-hydrogen) atoms. The molecule has 4 nitrogen and oxygen atoms in total. The molecule has 0 aromatic heterocycles. The van der Waals surface area contributed by atoms with Crippen molar-refractivity contribution in [3.8, 4) is 0 Å². The van der Waals surface area contributed by atoms with E-state index in [1.54, 1.807) is 18.2 Å². The van der Waals surface area contributed by atoms with Crippen molar-refractivity contribution in [3.63, 3.8) is 0 Å². The van der Waals surface area contributed by atoms with Gasteiger partial charge in [0.25, 0.3) is 0 Å². The van der Waals surface area contributed by atoms with Crippen LogP contribution in [0.2, 0.25) is 0 Å². The zero-order chi connectivity index (χ0) is 17.4. The predicted octanol–water partition coefficient (Wildman–Crippen LogP) is 3.09. The monoisotopic (exact) mass is 353 g/mol. The Kier molecular flexibility index (Phi) is 7.85. The summed E-state index contributed by atoms with van der Waals surface area (Å²) in [5.74, 6) is 0.299. The van der Waals surface area contributed by atoms with Crippen LogP contribution in [-0.2, 0) is 0 Å². The fourth-order valence-corrected chi connectivity index (χ4v) is 3.85. The van der Waals surface area contributed by atoms with Gasteiger partial charge in [-0.05, 0) is 38.5 Å². The molecule has 0 spiro atoms. The lowest BCUT2D eigenvalue weighted by Gasteiger charge is -2.30. The Morgan fingerprint density at radius 2 is 2.21 bits per heavy atom. The molecule has 6 heteroatoms. The number of thioether (sulfide) groups is 1. The molecule has 0 bridgehead atoms. The summed E-state index contributed by atoms with van der Waals surface area (Å²) in [4.78, 5) is 4.45. The van der Waals surface area contributed by atoms with Gasteiger partial charge < -0.3 is 15.7 Å². The number of aliphatic hydroxyl groups excluding tert-OH is 1. The van der Waals surface area contributed by atoms with Crippen molar-refractivity contribution < 1.29 is 9.50 Å². The van der Waals surface area contributed by atoms with Crippen LogP contribution in [0.5, 0.6) is 0 Å². The molecule has 1 saturated carbocycles. The molecule has 1 fully saturated rings. The van der Waals surface area contributed by atoms with Gasteiger partial charge in [-0.3, -0.25) is 4.99 Å². The summed E-state index contributed by atoms with van der Waals surface area (Å²) >= 11 is 1.93. The molecule has 3 atom stereocenters. The van der Waals surface area contributed by atoms with Crippen molar-refractivity contribution in [2.45, 2.75) is 50.0 Å². The number of nitrogens with one attached hydrogen (secondary N) is 2. The van der Waals surface area contributed by atoms with Gasteiger partial charge in [-0.2, -0.15) is 11.8 Å². The average molecular weight is 354 g/mol. The van der Waals surface area contributed by atoms with Crippen molar-refractivity contribution in [1.82, 2.24) is 10.6 Å². The van der Waals surface area contributed by atoms with Crippen LogP contribution >= 0.6 is 11.8 Å². The summed E-state index contributed by atoms with van der Waals surface area (Å²) in [6, 6.07) is 6.70. The predicted molar refractivity (Wildman–Crippen MR) is 100 cm³/mol. The highest BCUT2D eigenvalue weighted by molar-refractivity contribution is 7.99. The van der Waals surface area contributed by atoms with Crippen LogP contribution in [-0.4, -0.2) is 41.7 Å². The van der Waals surface area contributed by atoms with Crippen LogP contribution in [0.25, 0.3) is 0 Å². The van der Waals surface area contributed by atoms with E-state index in [0.717, 1.165) is 19.4 Å². The lowest BCUT2D eigenvalue weighted by molar-refractivity contribution is 0.182. The van der Waals surface area contributed by atoms with Gasteiger partial charge in [0.2, 0.25) is 0 Å². The molecule has 3 unspecified atom stereocenters. The quantitative estimate of drug-likeness (QED) is 0.543. The van der Waals surface area contributed by atoms with Crippen LogP contribution in [0, 0.1) is 5.82 Å². The molecule has 1 aromatic carbocycles. The molecule has 134 valence electrons. The fourth-order valence-electron chi connectivity index (χ4n) is 3.02. The minimum absolute atomic E-state index is 0.134. The SMILES string of the molecule is CCNC(=NCC(O)c1ccccc1F)NC1CCCC(SC)C1. The second-order valence-electron chi connectivity index (χ2n) is 6.12. The first-order valence-electron chi connectivity index (χ1n) is 8.64. The molecule has 0 amide bonds. The highest BCUT2D eigenvalue weighted by Crippen LogP contribution is 2.26.